The summed E-state index contributed by atoms with van der Waals surface area (Å²) in [5, 5.41) is 9.07. The molecular formula is C22H23N3O5S. The molecular weight excluding hydrogens is 418 g/mol. The van der Waals surface area contributed by atoms with E-state index in [0.717, 1.165) is 10.6 Å². The minimum atomic E-state index is -0.295. The Morgan fingerprint density at radius 2 is 1.87 bits per heavy atom. The quantitative estimate of drug-likeness (QED) is 0.514. The Morgan fingerprint density at radius 1 is 1.13 bits per heavy atom. The van der Waals surface area contributed by atoms with Crippen molar-refractivity contribution in [2.45, 2.75) is 6.54 Å². The van der Waals surface area contributed by atoms with Crippen LogP contribution in [-0.4, -0.2) is 43.6 Å². The van der Waals surface area contributed by atoms with Crippen molar-refractivity contribution in [3.8, 4) is 27.8 Å². The van der Waals surface area contributed by atoms with Crippen LogP contribution in [0.3, 0.4) is 0 Å². The van der Waals surface area contributed by atoms with E-state index >= 15 is 0 Å². The maximum atomic E-state index is 12.2. The molecule has 0 radical (unpaired) electrons. The normalized spacial score (nSPS) is 10.8. The summed E-state index contributed by atoms with van der Waals surface area (Å²) in [7, 11) is 4.58. The lowest BCUT2D eigenvalue weighted by molar-refractivity contribution is -0.116. The Bertz CT molecular complexity index is 1100. The lowest BCUT2D eigenvalue weighted by atomic mass is 10.1. The van der Waals surface area contributed by atoms with Crippen LogP contribution in [0.5, 0.6) is 17.2 Å². The van der Waals surface area contributed by atoms with Gasteiger partial charge < -0.3 is 19.5 Å². The van der Waals surface area contributed by atoms with Crippen LogP contribution < -0.4 is 25.1 Å². The van der Waals surface area contributed by atoms with Crippen LogP contribution in [0.15, 0.2) is 52.6 Å². The predicted molar refractivity (Wildman–Crippen MR) is 120 cm³/mol. The van der Waals surface area contributed by atoms with E-state index in [0.29, 0.717) is 22.8 Å². The van der Waals surface area contributed by atoms with Gasteiger partial charge in [0.1, 0.15) is 5.69 Å². The van der Waals surface area contributed by atoms with Crippen molar-refractivity contribution in [1.82, 2.24) is 15.1 Å². The molecule has 2 heterocycles. The Morgan fingerprint density at radius 3 is 2.48 bits per heavy atom. The van der Waals surface area contributed by atoms with Gasteiger partial charge in [0.2, 0.25) is 11.7 Å². The van der Waals surface area contributed by atoms with Gasteiger partial charge in [-0.3, -0.25) is 9.59 Å². The molecule has 8 nitrogen and oxygen atoms in total. The van der Waals surface area contributed by atoms with Gasteiger partial charge in [0.05, 0.1) is 32.8 Å². The summed E-state index contributed by atoms with van der Waals surface area (Å²) >= 11 is 1.55. The molecule has 0 bridgehead atoms. The first kappa shape index (κ1) is 22.1. The van der Waals surface area contributed by atoms with Gasteiger partial charge in [0, 0.05) is 18.7 Å². The van der Waals surface area contributed by atoms with Crippen LogP contribution in [0.2, 0.25) is 0 Å². The largest absolute Gasteiger partial charge is 0.493 e. The summed E-state index contributed by atoms with van der Waals surface area (Å²) < 4.78 is 17.3. The highest BCUT2D eigenvalue weighted by atomic mass is 32.1. The van der Waals surface area contributed by atoms with Gasteiger partial charge in [0.25, 0.3) is 5.56 Å². The van der Waals surface area contributed by atoms with Gasteiger partial charge >= 0.3 is 0 Å². The molecule has 0 aliphatic heterocycles. The molecule has 0 spiro atoms. The highest BCUT2D eigenvalue weighted by molar-refractivity contribution is 7.13. The second-order valence-electron chi connectivity index (χ2n) is 6.34. The molecule has 1 amide bonds. The van der Waals surface area contributed by atoms with E-state index in [1.165, 1.54) is 38.2 Å². The van der Waals surface area contributed by atoms with Crippen LogP contribution in [-0.2, 0) is 11.3 Å². The van der Waals surface area contributed by atoms with E-state index < -0.39 is 0 Å². The van der Waals surface area contributed by atoms with Crippen LogP contribution in [0, 0.1) is 0 Å². The molecule has 0 saturated carbocycles. The molecule has 3 aromatic rings. The second-order valence-corrected chi connectivity index (χ2v) is 7.29. The zero-order valence-electron chi connectivity index (χ0n) is 17.5. The van der Waals surface area contributed by atoms with Crippen molar-refractivity contribution in [3.63, 3.8) is 0 Å². The number of rotatable bonds is 9. The van der Waals surface area contributed by atoms with E-state index in [9.17, 15) is 9.59 Å². The number of benzene rings is 1. The molecule has 1 N–H and O–H groups in total. The number of nitrogens with one attached hydrogen (secondary N) is 1. The average Bonchev–Trinajstić information content (AvgIpc) is 3.33. The zero-order valence-corrected chi connectivity index (χ0v) is 18.3. The second kappa shape index (κ2) is 10.4. The summed E-state index contributed by atoms with van der Waals surface area (Å²) in [6.07, 6.45) is 3.04. The minimum Gasteiger partial charge on any atom is -0.493 e. The highest BCUT2D eigenvalue weighted by Gasteiger charge is 2.12. The molecule has 0 aliphatic rings. The van der Waals surface area contributed by atoms with Crippen molar-refractivity contribution in [3.05, 3.63) is 63.8 Å². The van der Waals surface area contributed by atoms with Crippen molar-refractivity contribution in [2.24, 2.45) is 0 Å². The lowest BCUT2D eigenvalue weighted by Crippen LogP contribution is -2.31. The number of hydrogen-bond acceptors (Lipinski definition) is 7. The maximum Gasteiger partial charge on any atom is 0.266 e. The number of carbonyl (C=O) groups excluding carboxylic acids is 1. The Kier molecular flexibility index (Phi) is 7.45. The molecule has 3 rings (SSSR count). The molecule has 2 aromatic heterocycles. The Balaban J connectivity index is 1.62. The zero-order chi connectivity index (χ0) is 22.2. The standard InChI is InChI=1S/C22H23N3O5S/c1-28-17-13-15(14-18(29-2)22(17)30-3)6-8-20(26)23-10-11-25-21(27)9-7-16(24-25)19-5-4-12-31-19/h4-9,12-14H,10-11H2,1-3H3,(H,23,26)/b8-6+. The van der Waals surface area contributed by atoms with Crippen molar-refractivity contribution < 1.29 is 19.0 Å². The molecule has 0 atom stereocenters. The average molecular weight is 442 g/mol. The van der Waals surface area contributed by atoms with Crippen molar-refractivity contribution in [1.29, 1.82) is 0 Å². The molecule has 0 unspecified atom stereocenters. The first-order chi connectivity index (χ1) is 15.0. The van der Waals surface area contributed by atoms with Crippen LogP contribution >= 0.6 is 11.3 Å². The smallest absolute Gasteiger partial charge is 0.266 e. The first-order valence-electron chi connectivity index (χ1n) is 9.43. The van der Waals surface area contributed by atoms with Gasteiger partial charge in [-0.15, -0.1) is 11.3 Å². The summed E-state index contributed by atoms with van der Waals surface area (Å²) in [6.45, 7) is 0.529. The van der Waals surface area contributed by atoms with Gasteiger partial charge in [-0.2, -0.15) is 5.10 Å². The van der Waals surface area contributed by atoms with Crippen molar-refractivity contribution in [2.75, 3.05) is 27.9 Å². The summed E-state index contributed by atoms with van der Waals surface area (Å²) in [4.78, 5) is 25.2. The third kappa shape index (κ3) is 5.52. The number of aromatic nitrogens is 2. The third-order valence-electron chi connectivity index (χ3n) is 4.38. The van der Waals surface area contributed by atoms with Crippen molar-refractivity contribution >= 4 is 23.3 Å². The fourth-order valence-electron chi connectivity index (χ4n) is 2.88. The van der Waals surface area contributed by atoms with Crippen LogP contribution in [0.4, 0.5) is 0 Å². The van der Waals surface area contributed by atoms with Gasteiger partial charge in [-0.25, -0.2) is 4.68 Å². The summed E-state index contributed by atoms with van der Waals surface area (Å²) in [5.74, 6) is 1.18. The number of nitrogens with zero attached hydrogens (tertiary/aromatic N) is 2. The van der Waals surface area contributed by atoms with Gasteiger partial charge in [-0.05, 0) is 41.3 Å². The molecule has 9 heteroatoms. The molecule has 0 aliphatic carbocycles. The van der Waals surface area contributed by atoms with E-state index in [1.807, 2.05) is 17.5 Å². The van der Waals surface area contributed by atoms with Crippen LogP contribution in [0.25, 0.3) is 16.6 Å². The summed E-state index contributed by atoms with van der Waals surface area (Å²) in [5.41, 5.74) is 1.22. The molecule has 0 fully saturated rings. The highest BCUT2D eigenvalue weighted by Crippen LogP contribution is 2.38. The topological polar surface area (TPSA) is 91.7 Å². The number of carbonyl (C=O) groups is 1. The SMILES string of the molecule is COc1cc(/C=C/C(=O)NCCn2nc(-c3cccs3)ccc2=O)cc(OC)c1OC. The number of hydrogen-bond donors (Lipinski definition) is 1. The van der Waals surface area contributed by atoms with Gasteiger partial charge in [0.15, 0.2) is 11.5 Å². The Labute approximate surface area is 183 Å². The lowest BCUT2D eigenvalue weighted by Gasteiger charge is -2.12. The van der Waals surface area contributed by atoms with E-state index in [1.54, 1.807) is 35.6 Å². The number of amides is 1. The molecule has 0 saturated heterocycles. The van der Waals surface area contributed by atoms with E-state index in [2.05, 4.69) is 10.4 Å². The monoisotopic (exact) mass is 441 g/mol. The number of methoxy groups -OCH3 is 3. The van der Waals surface area contributed by atoms with E-state index in [4.69, 9.17) is 14.2 Å². The van der Waals surface area contributed by atoms with Crippen LogP contribution in [0.1, 0.15) is 5.56 Å². The minimum absolute atomic E-state index is 0.220. The molecule has 1 aromatic carbocycles. The van der Waals surface area contributed by atoms with E-state index in [-0.39, 0.29) is 24.6 Å². The number of thiophene rings is 1. The van der Waals surface area contributed by atoms with Gasteiger partial charge in [-0.1, -0.05) is 6.07 Å². The molecule has 31 heavy (non-hydrogen) atoms. The fraction of sp³-hybridized carbons (Fsp3) is 0.227. The summed E-state index contributed by atoms with van der Waals surface area (Å²) in [6, 6.07) is 10.5. The number of ether oxygens (including phenoxy) is 3. The maximum absolute atomic E-state index is 12.2. The Hall–Kier alpha value is -3.59. The predicted octanol–water partition coefficient (Wildman–Crippen LogP) is 2.83. The molecule has 162 valence electrons. The fourth-order valence-corrected chi connectivity index (χ4v) is 3.57. The first-order valence-corrected chi connectivity index (χ1v) is 10.3. The third-order valence-corrected chi connectivity index (χ3v) is 5.27.